The Balaban J connectivity index is 2.14. The lowest BCUT2D eigenvalue weighted by Gasteiger charge is -2.10. The van der Waals surface area contributed by atoms with Crippen LogP contribution < -0.4 is 0 Å². The second-order valence-corrected chi connectivity index (χ2v) is 5.44. The van der Waals surface area contributed by atoms with Gasteiger partial charge in [0, 0.05) is 0 Å². The van der Waals surface area contributed by atoms with Crippen molar-refractivity contribution in [2.24, 2.45) is 5.92 Å². The van der Waals surface area contributed by atoms with Crippen molar-refractivity contribution in [3.05, 3.63) is 59.0 Å². The zero-order chi connectivity index (χ0) is 15.4. The molecule has 1 N–H and O–H groups in total. The Morgan fingerprint density at radius 3 is 2.43 bits per heavy atom. The highest BCUT2D eigenvalue weighted by Crippen LogP contribution is 2.24. The number of esters is 1. The van der Waals surface area contributed by atoms with Gasteiger partial charge in [0.15, 0.2) is 0 Å². The van der Waals surface area contributed by atoms with Crippen LogP contribution in [-0.2, 0) is 11.2 Å². The maximum absolute atomic E-state index is 11.3. The minimum Gasteiger partial charge on any atom is -0.463 e. The van der Waals surface area contributed by atoms with Crippen LogP contribution in [0.2, 0.25) is 0 Å². The van der Waals surface area contributed by atoms with E-state index in [1.165, 1.54) is 18.7 Å². The van der Waals surface area contributed by atoms with Gasteiger partial charge in [0.1, 0.15) is 11.9 Å². The van der Waals surface area contributed by atoms with Crippen LogP contribution in [0.4, 0.5) is 0 Å². The molecule has 21 heavy (non-hydrogen) atoms. The molecule has 0 bridgehead atoms. The van der Waals surface area contributed by atoms with E-state index in [0.717, 1.165) is 12.0 Å². The van der Waals surface area contributed by atoms with Gasteiger partial charge in [-0.1, -0.05) is 38.1 Å². The van der Waals surface area contributed by atoms with E-state index >= 15 is 0 Å². The van der Waals surface area contributed by atoms with Crippen molar-refractivity contribution >= 4 is 5.97 Å². The Morgan fingerprint density at radius 2 is 1.86 bits per heavy atom. The van der Waals surface area contributed by atoms with Gasteiger partial charge in [-0.05, 0) is 35.6 Å². The fraction of sp³-hybridized carbons (Fsp3) is 0.353. The van der Waals surface area contributed by atoms with E-state index in [1.807, 2.05) is 24.3 Å². The first kappa shape index (κ1) is 15.3. The zero-order valence-corrected chi connectivity index (χ0v) is 12.5. The first-order chi connectivity index (χ1) is 10.0. The fourth-order valence-corrected chi connectivity index (χ4v) is 2.18. The number of methoxy groups -OCH3 is 1. The number of aliphatic hydroxyl groups is 1. The molecule has 0 aliphatic heterocycles. The van der Waals surface area contributed by atoms with Crippen molar-refractivity contribution in [1.29, 1.82) is 0 Å². The molecule has 2 aromatic rings. The second-order valence-electron chi connectivity index (χ2n) is 5.44. The van der Waals surface area contributed by atoms with E-state index in [4.69, 9.17) is 4.42 Å². The van der Waals surface area contributed by atoms with Gasteiger partial charge in [-0.3, -0.25) is 0 Å². The lowest BCUT2D eigenvalue weighted by atomic mass is 10.00. The minimum absolute atomic E-state index is 0.0861. The third-order valence-corrected chi connectivity index (χ3v) is 3.22. The monoisotopic (exact) mass is 288 g/mol. The standard InChI is InChI=1S/C17H20O4/c1-11(2)10-12-4-6-13(7-5-12)16(18)14-8-9-15(21-14)17(19)20-3/h4-9,11,16,18H,10H2,1-3H3. The summed E-state index contributed by atoms with van der Waals surface area (Å²) in [7, 11) is 1.29. The predicted molar refractivity (Wildman–Crippen MR) is 79.1 cm³/mol. The van der Waals surface area contributed by atoms with Crippen LogP contribution in [0.1, 0.15) is 47.4 Å². The number of rotatable bonds is 5. The molecule has 0 saturated carbocycles. The summed E-state index contributed by atoms with van der Waals surface area (Å²) < 4.78 is 9.90. The number of hydrogen-bond donors (Lipinski definition) is 1. The smallest absolute Gasteiger partial charge is 0.373 e. The molecule has 1 unspecified atom stereocenters. The average Bonchev–Trinajstić information content (AvgIpc) is 2.95. The van der Waals surface area contributed by atoms with E-state index in [9.17, 15) is 9.90 Å². The van der Waals surface area contributed by atoms with Crippen molar-refractivity contribution in [2.75, 3.05) is 7.11 Å². The Labute approximate surface area is 124 Å². The van der Waals surface area contributed by atoms with E-state index in [1.54, 1.807) is 6.07 Å². The number of hydrogen-bond acceptors (Lipinski definition) is 4. The van der Waals surface area contributed by atoms with Crippen LogP contribution in [0, 0.1) is 5.92 Å². The summed E-state index contributed by atoms with van der Waals surface area (Å²) in [4.78, 5) is 11.3. The van der Waals surface area contributed by atoms with Crippen molar-refractivity contribution < 1.29 is 19.1 Å². The highest BCUT2D eigenvalue weighted by Gasteiger charge is 2.18. The van der Waals surface area contributed by atoms with Crippen LogP contribution in [0.3, 0.4) is 0 Å². The maximum atomic E-state index is 11.3. The quantitative estimate of drug-likeness (QED) is 0.857. The lowest BCUT2D eigenvalue weighted by molar-refractivity contribution is 0.0558. The predicted octanol–water partition coefficient (Wildman–Crippen LogP) is 3.35. The van der Waals surface area contributed by atoms with E-state index in [2.05, 4.69) is 18.6 Å². The van der Waals surface area contributed by atoms with Gasteiger partial charge in [-0.25, -0.2) is 4.79 Å². The molecular weight excluding hydrogens is 268 g/mol. The Kier molecular flexibility index (Phi) is 4.81. The summed E-state index contributed by atoms with van der Waals surface area (Å²) in [5, 5.41) is 10.3. The van der Waals surface area contributed by atoms with Gasteiger partial charge in [0.2, 0.25) is 5.76 Å². The topological polar surface area (TPSA) is 59.7 Å². The molecular formula is C17H20O4. The lowest BCUT2D eigenvalue weighted by Crippen LogP contribution is -2.01. The third-order valence-electron chi connectivity index (χ3n) is 3.22. The summed E-state index contributed by atoms with van der Waals surface area (Å²) in [5.74, 6) is 0.448. The maximum Gasteiger partial charge on any atom is 0.373 e. The van der Waals surface area contributed by atoms with Crippen LogP contribution >= 0.6 is 0 Å². The van der Waals surface area contributed by atoms with Gasteiger partial charge in [-0.2, -0.15) is 0 Å². The highest BCUT2D eigenvalue weighted by atomic mass is 16.5. The molecule has 0 spiro atoms. The second kappa shape index (κ2) is 6.59. The summed E-state index contributed by atoms with van der Waals surface area (Å²) in [6.45, 7) is 4.33. The number of benzene rings is 1. The van der Waals surface area contributed by atoms with Crippen LogP contribution in [-0.4, -0.2) is 18.2 Å². The molecule has 1 heterocycles. The molecule has 0 amide bonds. The Hall–Kier alpha value is -2.07. The van der Waals surface area contributed by atoms with Crippen molar-refractivity contribution in [1.82, 2.24) is 0 Å². The molecule has 1 aromatic carbocycles. The molecule has 0 saturated heterocycles. The number of carbonyl (C=O) groups excluding carboxylic acids is 1. The first-order valence-electron chi connectivity index (χ1n) is 6.96. The fourth-order valence-electron chi connectivity index (χ4n) is 2.18. The van der Waals surface area contributed by atoms with E-state index < -0.39 is 12.1 Å². The molecule has 4 nitrogen and oxygen atoms in total. The number of carbonyl (C=O) groups is 1. The SMILES string of the molecule is COC(=O)c1ccc(C(O)c2ccc(CC(C)C)cc2)o1. The van der Waals surface area contributed by atoms with Crippen LogP contribution in [0.15, 0.2) is 40.8 Å². The van der Waals surface area contributed by atoms with Gasteiger partial charge < -0.3 is 14.3 Å². The average molecular weight is 288 g/mol. The van der Waals surface area contributed by atoms with Crippen molar-refractivity contribution in [3.63, 3.8) is 0 Å². The van der Waals surface area contributed by atoms with Crippen molar-refractivity contribution in [3.8, 4) is 0 Å². The normalized spacial score (nSPS) is 12.4. The number of ether oxygens (including phenoxy) is 1. The van der Waals surface area contributed by atoms with Crippen LogP contribution in [0.25, 0.3) is 0 Å². The summed E-state index contributed by atoms with van der Waals surface area (Å²) in [5.41, 5.74) is 1.96. The van der Waals surface area contributed by atoms with Crippen LogP contribution in [0.5, 0.6) is 0 Å². The minimum atomic E-state index is -0.892. The molecule has 0 radical (unpaired) electrons. The first-order valence-corrected chi connectivity index (χ1v) is 6.96. The third kappa shape index (κ3) is 3.73. The molecule has 0 aliphatic carbocycles. The van der Waals surface area contributed by atoms with Gasteiger partial charge >= 0.3 is 5.97 Å². The number of furan rings is 1. The Morgan fingerprint density at radius 1 is 1.19 bits per heavy atom. The van der Waals surface area contributed by atoms with Gasteiger partial charge in [-0.15, -0.1) is 0 Å². The van der Waals surface area contributed by atoms with Gasteiger partial charge in [0.05, 0.1) is 7.11 Å². The molecule has 4 heteroatoms. The highest BCUT2D eigenvalue weighted by molar-refractivity contribution is 5.86. The Bertz CT molecular complexity index is 596. The molecule has 112 valence electrons. The molecule has 1 atom stereocenters. The largest absolute Gasteiger partial charge is 0.463 e. The molecule has 2 rings (SSSR count). The summed E-state index contributed by atoms with van der Waals surface area (Å²) in [6.07, 6.45) is 0.111. The summed E-state index contributed by atoms with van der Waals surface area (Å²) in [6, 6.07) is 10.8. The van der Waals surface area contributed by atoms with Crippen molar-refractivity contribution in [2.45, 2.75) is 26.4 Å². The molecule has 1 aromatic heterocycles. The number of aliphatic hydroxyl groups excluding tert-OH is 1. The molecule has 0 aliphatic rings. The van der Waals surface area contributed by atoms with E-state index in [-0.39, 0.29) is 5.76 Å². The van der Waals surface area contributed by atoms with E-state index in [0.29, 0.717) is 11.7 Å². The zero-order valence-electron chi connectivity index (χ0n) is 12.5. The molecule has 0 fully saturated rings. The summed E-state index contributed by atoms with van der Waals surface area (Å²) >= 11 is 0. The van der Waals surface area contributed by atoms with Gasteiger partial charge in [0.25, 0.3) is 0 Å².